The summed E-state index contributed by atoms with van der Waals surface area (Å²) in [6.07, 6.45) is 5.99. The van der Waals surface area contributed by atoms with E-state index in [1.165, 1.54) is 11.6 Å². The van der Waals surface area contributed by atoms with Gasteiger partial charge in [0.2, 0.25) is 0 Å². The molecule has 1 saturated carbocycles. The second-order valence-corrected chi connectivity index (χ2v) is 15.5. The molecule has 1 heterocycles. The number of ether oxygens (including phenoxy) is 1. The summed E-state index contributed by atoms with van der Waals surface area (Å²) in [4.78, 5) is 18.9. The molecule has 1 fully saturated rings. The third-order valence-corrected chi connectivity index (χ3v) is 12.6. The fraction of sp³-hybridized carbons (Fsp3) is 0.421. The molecule has 5 nitrogen and oxygen atoms in total. The maximum atomic E-state index is 14.3. The highest BCUT2D eigenvalue weighted by Gasteiger charge is 2.56. The fourth-order valence-corrected chi connectivity index (χ4v) is 9.76. The van der Waals surface area contributed by atoms with Crippen molar-refractivity contribution < 1.29 is 28.5 Å². The molecule has 0 aliphatic heterocycles. The van der Waals surface area contributed by atoms with E-state index in [1.54, 1.807) is 29.2 Å². The third kappa shape index (κ3) is 6.91. The van der Waals surface area contributed by atoms with Crippen LogP contribution < -0.4 is 4.74 Å². The molecule has 1 aromatic heterocycles. The van der Waals surface area contributed by atoms with Gasteiger partial charge in [-0.3, -0.25) is 4.79 Å². The molecule has 2 N–H and O–H groups in total. The number of rotatable bonds is 7. The summed E-state index contributed by atoms with van der Waals surface area (Å²) >= 11 is 3.15. The van der Waals surface area contributed by atoms with Gasteiger partial charge in [-0.25, -0.2) is 13.8 Å². The minimum Gasteiger partial charge on any atom is -0.494 e. The smallest absolute Gasteiger partial charge is 0.193 e. The number of thioether (sulfide) groups is 1. The van der Waals surface area contributed by atoms with E-state index < -0.39 is 34.5 Å². The van der Waals surface area contributed by atoms with Gasteiger partial charge in [0.25, 0.3) is 0 Å². The summed E-state index contributed by atoms with van der Waals surface area (Å²) in [7, 11) is 0. The number of allylic oxidation sites excluding steroid dienone is 2. The molecule has 0 radical (unpaired) electrons. The van der Waals surface area contributed by atoms with Crippen LogP contribution in [0.3, 0.4) is 0 Å². The van der Waals surface area contributed by atoms with E-state index in [4.69, 9.17) is 9.72 Å². The van der Waals surface area contributed by atoms with Crippen LogP contribution in [0.15, 0.2) is 70.6 Å². The van der Waals surface area contributed by atoms with Crippen molar-refractivity contribution in [3.05, 3.63) is 100 Å². The van der Waals surface area contributed by atoms with Gasteiger partial charge in [0.15, 0.2) is 21.8 Å². The number of aromatic nitrogens is 1. The number of thiazole rings is 1. The highest BCUT2D eigenvalue weighted by molar-refractivity contribution is 8.01. The van der Waals surface area contributed by atoms with Crippen LogP contribution in [0.2, 0.25) is 0 Å². The fourth-order valence-electron chi connectivity index (χ4n) is 7.35. The van der Waals surface area contributed by atoms with Gasteiger partial charge in [-0.15, -0.1) is 11.3 Å². The molecule has 2 bridgehead atoms. The van der Waals surface area contributed by atoms with Crippen molar-refractivity contribution in [2.45, 2.75) is 87.7 Å². The van der Waals surface area contributed by atoms with E-state index in [0.29, 0.717) is 50.0 Å². The van der Waals surface area contributed by atoms with Gasteiger partial charge in [-0.05, 0) is 118 Å². The number of hydrogen-bond donors (Lipinski definition) is 2. The molecule has 47 heavy (non-hydrogen) atoms. The van der Waals surface area contributed by atoms with Crippen LogP contribution in [-0.4, -0.2) is 45.0 Å². The summed E-state index contributed by atoms with van der Waals surface area (Å²) in [6.45, 7) is 6.77. The number of carbonyl (C=O) groups excluding carboxylic acids is 1. The molecular weight excluding hydrogens is 637 g/mol. The lowest BCUT2D eigenvalue weighted by atomic mass is 9.65. The Morgan fingerprint density at radius 2 is 1.91 bits per heavy atom. The molecule has 0 saturated heterocycles. The molecule has 3 aliphatic carbocycles. The van der Waals surface area contributed by atoms with Crippen LogP contribution in [0.4, 0.5) is 8.78 Å². The second kappa shape index (κ2) is 13.8. The number of carbonyl (C=O) groups is 1. The van der Waals surface area contributed by atoms with Crippen LogP contribution in [0.1, 0.15) is 92.3 Å². The van der Waals surface area contributed by atoms with E-state index in [2.05, 4.69) is 19.9 Å². The zero-order valence-electron chi connectivity index (χ0n) is 27.0. The molecule has 248 valence electrons. The van der Waals surface area contributed by atoms with Gasteiger partial charge in [0.05, 0.1) is 28.5 Å². The Kier molecular flexibility index (Phi) is 9.91. The first-order chi connectivity index (χ1) is 22.5. The minimum absolute atomic E-state index is 0.0661. The average Bonchev–Trinajstić information content (AvgIpc) is 3.57. The van der Waals surface area contributed by atoms with E-state index in [9.17, 15) is 23.8 Å². The first-order valence-corrected chi connectivity index (χ1v) is 18.1. The van der Waals surface area contributed by atoms with Crippen LogP contribution in [0, 0.1) is 17.0 Å². The van der Waals surface area contributed by atoms with Crippen molar-refractivity contribution in [3.8, 4) is 5.75 Å². The van der Waals surface area contributed by atoms with E-state index in [0.717, 1.165) is 56.4 Å². The second-order valence-electron chi connectivity index (χ2n) is 13.2. The lowest BCUT2D eigenvalue weighted by Gasteiger charge is -2.44. The summed E-state index contributed by atoms with van der Waals surface area (Å²) in [5.74, 6) is -1.40. The number of halogens is 2. The van der Waals surface area contributed by atoms with Gasteiger partial charge in [-0.2, -0.15) is 0 Å². The van der Waals surface area contributed by atoms with Gasteiger partial charge >= 0.3 is 0 Å². The molecule has 4 atom stereocenters. The summed E-state index contributed by atoms with van der Waals surface area (Å²) < 4.78 is 35.7. The molecular formula is C38H41F2NO4S2. The number of ketones is 1. The van der Waals surface area contributed by atoms with E-state index in [-0.39, 0.29) is 11.5 Å². The summed E-state index contributed by atoms with van der Waals surface area (Å²) in [5, 5.41) is 23.4. The van der Waals surface area contributed by atoms with Crippen molar-refractivity contribution in [1.29, 1.82) is 0 Å². The monoisotopic (exact) mass is 677 g/mol. The maximum Gasteiger partial charge on any atom is 0.193 e. The number of hydrogen-bond acceptors (Lipinski definition) is 7. The molecule has 4 aromatic rings. The largest absolute Gasteiger partial charge is 0.494 e. The van der Waals surface area contributed by atoms with E-state index in [1.807, 2.05) is 37.3 Å². The first kappa shape index (κ1) is 33.8. The highest BCUT2D eigenvalue weighted by Crippen LogP contribution is 2.60. The normalized spacial score (nSPS) is 25.0. The quantitative estimate of drug-likeness (QED) is 0.115. The van der Waals surface area contributed by atoms with Crippen LogP contribution in [0.25, 0.3) is 10.2 Å². The molecule has 3 aromatic carbocycles. The van der Waals surface area contributed by atoms with Crippen molar-refractivity contribution in [1.82, 2.24) is 4.98 Å². The number of fused-ring (bicyclic) bond motifs is 9. The van der Waals surface area contributed by atoms with Crippen molar-refractivity contribution in [2.24, 2.45) is 5.41 Å². The Bertz CT molecular complexity index is 1820. The molecule has 0 amide bonds. The SMILES string of the molecule is CCOc1ccc2nc(SC[C@]3(O)CC[C@H]4c5ccc(cc5C(=O)c5ccc(F)c(F)c5)C[C@@H](O)CCC(C)=CCC[C@@]43C)sc2c1. The lowest BCUT2D eigenvalue weighted by molar-refractivity contribution is -0.0422. The molecule has 0 unspecified atom stereocenters. The zero-order valence-corrected chi connectivity index (χ0v) is 28.7. The van der Waals surface area contributed by atoms with Crippen LogP contribution in [0.5, 0.6) is 5.75 Å². The molecule has 3 aliphatic rings. The summed E-state index contributed by atoms with van der Waals surface area (Å²) in [6, 6.07) is 14.8. The number of aliphatic hydroxyl groups is 2. The molecule has 0 spiro atoms. The van der Waals surface area contributed by atoms with Gasteiger partial charge in [0.1, 0.15) is 5.75 Å². The van der Waals surface area contributed by atoms with Crippen molar-refractivity contribution in [3.63, 3.8) is 0 Å². The average molecular weight is 678 g/mol. The zero-order chi connectivity index (χ0) is 33.3. The Hall–Kier alpha value is -3.11. The Morgan fingerprint density at radius 3 is 2.70 bits per heavy atom. The Balaban J connectivity index is 1.38. The predicted molar refractivity (Wildman–Crippen MR) is 185 cm³/mol. The topological polar surface area (TPSA) is 79.7 Å². The van der Waals surface area contributed by atoms with E-state index >= 15 is 0 Å². The minimum atomic E-state index is -1.07. The third-order valence-electron chi connectivity index (χ3n) is 10.2. The van der Waals surface area contributed by atoms with Gasteiger partial charge in [-0.1, -0.05) is 42.5 Å². The maximum absolute atomic E-state index is 14.3. The first-order valence-electron chi connectivity index (χ1n) is 16.3. The Morgan fingerprint density at radius 1 is 1.09 bits per heavy atom. The standard InChI is InChI=1S/C38H41F2NO4S2/c1-4-45-27-11-14-33-34(21-27)47-36(41-33)46-22-38(44)17-15-30-28-12-8-24(18-26(42)10-7-23(2)6-5-16-37(30,38)3)19-29(28)35(43)25-9-13-31(39)32(40)20-25/h6,8-9,11-14,19-21,26,30,42,44H,4-5,7,10,15-18,22H2,1-3H3/t26-,30-,37-,38+/m0/s1. The van der Waals surface area contributed by atoms with Gasteiger partial charge < -0.3 is 14.9 Å². The Labute approximate surface area is 283 Å². The number of nitrogens with zero attached hydrogens (tertiary/aromatic N) is 1. The highest BCUT2D eigenvalue weighted by atomic mass is 32.2. The molecule has 9 heteroatoms. The van der Waals surface area contributed by atoms with Crippen LogP contribution >= 0.6 is 23.1 Å². The van der Waals surface area contributed by atoms with Gasteiger partial charge in [0, 0.05) is 22.3 Å². The molecule has 7 rings (SSSR count). The lowest BCUT2D eigenvalue weighted by Crippen LogP contribution is -2.46. The van der Waals surface area contributed by atoms with Crippen molar-refractivity contribution >= 4 is 39.1 Å². The van der Waals surface area contributed by atoms with Crippen LogP contribution in [-0.2, 0) is 6.42 Å². The number of aliphatic hydroxyl groups excluding tert-OH is 1. The predicted octanol–water partition coefficient (Wildman–Crippen LogP) is 9.04. The number of benzene rings is 3. The summed E-state index contributed by atoms with van der Waals surface area (Å²) in [5.41, 5.74) is 2.51. The van der Waals surface area contributed by atoms with Crippen molar-refractivity contribution in [2.75, 3.05) is 12.4 Å².